The summed E-state index contributed by atoms with van der Waals surface area (Å²) >= 11 is 0. The predicted molar refractivity (Wildman–Crippen MR) is 88.2 cm³/mol. The van der Waals surface area contributed by atoms with E-state index >= 15 is 0 Å². The molecule has 0 aliphatic carbocycles. The number of rotatable bonds is 5. The summed E-state index contributed by atoms with van der Waals surface area (Å²) in [5.41, 5.74) is 2.44. The molecule has 120 valence electrons. The maximum Gasteiger partial charge on any atom is 0.0597 e. The van der Waals surface area contributed by atoms with Gasteiger partial charge < -0.3 is 5.32 Å². The van der Waals surface area contributed by atoms with Gasteiger partial charge in [0.05, 0.1) is 11.4 Å². The molecule has 1 aliphatic rings. The molecule has 2 heterocycles. The zero-order valence-electron chi connectivity index (χ0n) is 14.6. The van der Waals surface area contributed by atoms with E-state index in [1.165, 1.54) is 12.1 Å². The number of nitrogens with one attached hydrogen (secondary N) is 1. The SMILES string of the molecule is Cc1cc(CN2CC(CC(C)C)NCC2C(C)C)n(C)n1. The third-order valence-corrected chi connectivity index (χ3v) is 4.53. The molecular formula is C17H32N4. The summed E-state index contributed by atoms with van der Waals surface area (Å²) in [4.78, 5) is 2.66. The number of nitrogens with zero attached hydrogens (tertiary/aromatic N) is 3. The van der Waals surface area contributed by atoms with Gasteiger partial charge in [0.15, 0.2) is 0 Å². The largest absolute Gasteiger partial charge is 0.311 e. The number of hydrogen-bond acceptors (Lipinski definition) is 3. The van der Waals surface area contributed by atoms with Gasteiger partial charge in [-0.3, -0.25) is 9.58 Å². The van der Waals surface area contributed by atoms with Crippen LogP contribution in [0.3, 0.4) is 0 Å². The minimum atomic E-state index is 0.614. The third-order valence-electron chi connectivity index (χ3n) is 4.53. The number of hydrogen-bond donors (Lipinski definition) is 1. The summed E-state index contributed by atoms with van der Waals surface area (Å²) in [6, 6.07) is 3.45. The van der Waals surface area contributed by atoms with Crippen molar-refractivity contribution in [2.45, 2.75) is 59.7 Å². The quantitative estimate of drug-likeness (QED) is 0.905. The van der Waals surface area contributed by atoms with Crippen molar-refractivity contribution in [3.05, 3.63) is 17.5 Å². The van der Waals surface area contributed by atoms with E-state index in [1.807, 2.05) is 4.68 Å². The van der Waals surface area contributed by atoms with Crippen molar-refractivity contribution in [3.8, 4) is 0 Å². The molecule has 0 spiro atoms. The Morgan fingerprint density at radius 1 is 1.33 bits per heavy atom. The lowest BCUT2D eigenvalue weighted by Gasteiger charge is -2.43. The van der Waals surface area contributed by atoms with Gasteiger partial charge in [-0.25, -0.2) is 0 Å². The first-order chi connectivity index (χ1) is 9.86. The molecule has 1 aromatic rings. The molecule has 0 aromatic carbocycles. The second-order valence-corrected chi connectivity index (χ2v) is 7.38. The van der Waals surface area contributed by atoms with Crippen LogP contribution in [0.4, 0.5) is 0 Å². The van der Waals surface area contributed by atoms with Crippen LogP contribution in [0.25, 0.3) is 0 Å². The van der Waals surface area contributed by atoms with Gasteiger partial charge in [-0.05, 0) is 31.2 Å². The first-order valence-electron chi connectivity index (χ1n) is 8.33. The van der Waals surface area contributed by atoms with Crippen molar-refractivity contribution in [2.24, 2.45) is 18.9 Å². The van der Waals surface area contributed by atoms with Crippen LogP contribution < -0.4 is 5.32 Å². The molecule has 4 nitrogen and oxygen atoms in total. The number of aryl methyl sites for hydroxylation is 2. The average molecular weight is 292 g/mol. The van der Waals surface area contributed by atoms with Crippen LogP contribution in [0, 0.1) is 18.8 Å². The van der Waals surface area contributed by atoms with E-state index in [4.69, 9.17) is 0 Å². The standard InChI is InChI=1S/C17H32N4/c1-12(2)7-15-10-21(17(9-18-15)13(3)4)11-16-8-14(5)19-20(16)6/h8,12-13,15,17-18H,7,9-11H2,1-6H3. The smallest absolute Gasteiger partial charge is 0.0597 e. The fourth-order valence-corrected chi connectivity index (χ4v) is 3.49. The van der Waals surface area contributed by atoms with Crippen LogP contribution in [-0.4, -0.2) is 39.9 Å². The summed E-state index contributed by atoms with van der Waals surface area (Å²) < 4.78 is 2.03. The molecule has 1 N–H and O–H groups in total. The van der Waals surface area contributed by atoms with Gasteiger partial charge in [-0.1, -0.05) is 27.7 Å². The van der Waals surface area contributed by atoms with Crippen molar-refractivity contribution in [3.63, 3.8) is 0 Å². The summed E-state index contributed by atoms with van der Waals surface area (Å²) in [7, 11) is 2.06. The Balaban J connectivity index is 2.08. The van der Waals surface area contributed by atoms with Crippen molar-refractivity contribution < 1.29 is 0 Å². The average Bonchev–Trinajstić information content (AvgIpc) is 2.67. The molecule has 21 heavy (non-hydrogen) atoms. The van der Waals surface area contributed by atoms with Crippen LogP contribution >= 0.6 is 0 Å². The highest BCUT2D eigenvalue weighted by Gasteiger charge is 2.30. The fourth-order valence-electron chi connectivity index (χ4n) is 3.49. The van der Waals surface area contributed by atoms with Crippen LogP contribution in [-0.2, 0) is 13.6 Å². The zero-order valence-corrected chi connectivity index (χ0v) is 14.6. The highest BCUT2D eigenvalue weighted by atomic mass is 15.3. The van der Waals surface area contributed by atoms with Crippen LogP contribution in [0.2, 0.25) is 0 Å². The van der Waals surface area contributed by atoms with Gasteiger partial charge in [0, 0.05) is 38.8 Å². The molecule has 0 radical (unpaired) electrons. The van der Waals surface area contributed by atoms with Gasteiger partial charge in [0.2, 0.25) is 0 Å². The summed E-state index contributed by atoms with van der Waals surface area (Å²) in [6.45, 7) is 14.6. The van der Waals surface area contributed by atoms with E-state index in [9.17, 15) is 0 Å². The Morgan fingerprint density at radius 3 is 2.57 bits per heavy atom. The van der Waals surface area contributed by atoms with E-state index in [0.29, 0.717) is 18.0 Å². The van der Waals surface area contributed by atoms with Gasteiger partial charge in [-0.2, -0.15) is 5.10 Å². The minimum absolute atomic E-state index is 0.614. The predicted octanol–water partition coefficient (Wildman–Crippen LogP) is 2.57. The molecule has 0 amide bonds. The molecule has 2 atom stereocenters. The lowest BCUT2D eigenvalue weighted by Crippen LogP contribution is -2.58. The van der Waals surface area contributed by atoms with Gasteiger partial charge in [0.1, 0.15) is 0 Å². The van der Waals surface area contributed by atoms with E-state index < -0.39 is 0 Å². The van der Waals surface area contributed by atoms with E-state index in [-0.39, 0.29) is 0 Å². The second kappa shape index (κ2) is 6.93. The van der Waals surface area contributed by atoms with Crippen LogP contribution in [0.1, 0.15) is 45.5 Å². The van der Waals surface area contributed by atoms with E-state index in [1.54, 1.807) is 0 Å². The normalized spacial score (nSPS) is 24.2. The van der Waals surface area contributed by atoms with E-state index in [0.717, 1.165) is 31.2 Å². The fraction of sp³-hybridized carbons (Fsp3) is 0.824. The van der Waals surface area contributed by atoms with Crippen molar-refractivity contribution in [1.82, 2.24) is 20.0 Å². The maximum absolute atomic E-state index is 4.49. The molecule has 1 saturated heterocycles. The Bertz CT molecular complexity index is 450. The van der Waals surface area contributed by atoms with Crippen molar-refractivity contribution >= 4 is 0 Å². The van der Waals surface area contributed by atoms with Gasteiger partial charge in [-0.15, -0.1) is 0 Å². The lowest BCUT2D eigenvalue weighted by atomic mass is 9.95. The number of aromatic nitrogens is 2. The first-order valence-corrected chi connectivity index (χ1v) is 8.33. The topological polar surface area (TPSA) is 33.1 Å². The monoisotopic (exact) mass is 292 g/mol. The highest BCUT2D eigenvalue weighted by molar-refractivity contribution is 5.09. The molecule has 2 unspecified atom stereocenters. The minimum Gasteiger partial charge on any atom is -0.311 e. The first kappa shape index (κ1) is 16.5. The molecule has 1 aliphatic heterocycles. The summed E-state index contributed by atoms with van der Waals surface area (Å²) in [5.74, 6) is 1.42. The molecule has 0 bridgehead atoms. The molecule has 1 fully saturated rings. The lowest BCUT2D eigenvalue weighted by molar-refractivity contribution is 0.0829. The Kier molecular flexibility index (Phi) is 5.44. The molecule has 4 heteroatoms. The molecular weight excluding hydrogens is 260 g/mol. The van der Waals surface area contributed by atoms with Gasteiger partial charge in [0.25, 0.3) is 0 Å². The highest BCUT2D eigenvalue weighted by Crippen LogP contribution is 2.21. The van der Waals surface area contributed by atoms with Crippen LogP contribution in [0.15, 0.2) is 6.07 Å². The Labute approximate surface area is 129 Å². The maximum atomic E-state index is 4.49. The van der Waals surface area contributed by atoms with Gasteiger partial charge >= 0.3 is 0 Å². The Hall–Kier alpha value is -0.870. The molecule has 2 rings (SSSR count). The summed E-state index contributed by atoms with van der Waals surface area (Å²) in [5, 5.41) is 8.24. The Morgan fingerprint density at radius 2 is 2.05 bits per heavy atom. The summed E-state index contributed by atoms with van der Waals surface area (Å²) in [6.07, 6.45) is 1.26. The third kappa shape index (κ3) is 4.30. The second-order valence-electron chi connectivity index (χ2n) is 7.38. The van der Waals surface area contributed by atoms with Crippen LogP contribution in [0.5, 0.6) is 0 Å². The molecule has 0 saturated carbocycles. The zero-order chi connectivity index (χ0) is 15.6. The molecule has 1 aromatic heterocycles. The van der Waals surface area contributed by atoms with Crippen molar-refractivity contribution in [2.75, 3.05) is 13.1 Å². The number of piperazine rings is 1. The van der Waals surface area contributed by atoms with E-state index in [2.05, 4.69) is 63.0 Å². The van der Waals surface area contributed by atoms with Crippen molar-refractivity contribution in [1.29, 1.82) is 0 Å².